The lowest BCUT2D eigenvalue weighted by atomic mass is 9.83. The van der Waals surface area contributed by atoms with Gasteiger partial charge in [0.1, 0.15) is 0 Å². The molecule has 1 atom stereocenters. The van der Waals surface area contributed by atoms with Gasteiger partial charge in [-0.1, -0.05) is 36.2 Å². The fourth-order valence-corrected chi connectivity index (χ4v) is 4.43. The van der Waals surface area contributed by atoms with E-state index in [1.54, 1.807) is 0 Å². The normalized spacial score (nSPS) is 27.1. The number of hydrogen-bond acceptors (Lipinski definition) is 2. The van der Waals surface area contributed by atoms with Crippen LogP contribution in [-0.2, 0) is 16.1 Å². The molecule has 4 heteroatoms. The van der Waals surface area contributed by atoms with Crippen molar-refractivity contribution >= 4 is 11.8 Å². The third-order valence-corrected chi connectivity index (χ3v) is 6.18. The van der Waals surface area contributed by atoms with Gasteiger partial charge in [0.25, 0.3) is 0 Å². The van der Waals surface area contributed by atoms with Gasteiger partial charge in [0.2, 0.25) is 11.8 Å². The summed E-state index contributed by atoms with van der Waals surface area (Å²) in [4.78, 5) is 29.5. The first-order chi connectivity index (χ1) is 11.6. The number of aryl methyl sites for hydroxylation is 1. The van der Waals surface area contributed by atoms with Crippen molar-refractivity contribution in [2.45, 2.75) is 45.6 Å². The van der Waals surface area contributed by atoms with Crippen LogP contribution in [0.25, 0.3) is 0 Å². The van der Waals surface area contributed by atoms with E-state index in [-0.39, 0.29) is 17.2 Å². The summed E-state index contributed by atoms with van der Waals surface area (Å²) in [7, 11) is 0. The van der Waals surface area contributed by atoms with E-state index < -0.39 is 0 Å². The standard InChI is InChI=1S/C20H26N2O2/c1-15-4-2-5-16(12-15)13-21-10-8-20(19(21)24)9-11-22(14-20)18(23)17-6-3-7-17/h2,4-5,12,17H,3,6-11,13-14H2,1H3/t20-/m0/s1. The first-order valence-corrected chi connectivity index (χ1v) is 9.21. The number of likely N-dealkylation sites (tertiary alicyclic amines) is 2. The molecule has 24 heavy (non-hydrogen) atoms. The van der Waals surface area contributed by atoms with Gasteiger partial charge in [-0.05, 0) is 38.2 Å². The topological polar surface area (TPSA) is 40.6 Å². The highest BCUT2D eigenvalue weighted by atomic mass is 16.2. The van der Waals surface area contributed by atoms with Gasteiger partial charge in [0.15, 0.2) is 0 Å². The molecule has 4 rings (SSSR count). The van der Waals surface area contributed by atoms with Crippen LogP contribution in [0.2, 0.25) is 0 Å². The van der Waals surface area contributed by atoms with Crippen molar-refractivity contribution in [1.29, 1.82) is 0 Å². The summed E-state index contributed by atoms with van der Waals surface area (Å²) >= 11 is 0. The molecule has 0 bridgehead atoms. The number of nitrogens with zero attached hydrogens (tertiary/aromatic N) is 2. The van der Waals surface area contributed by atoms with Crippen LogP contribution in [-0.4, -0.2) is 41.2 Å². The second-order valence-electron chi connectivity index (χ2n) is 7.88. The summed E-state index contributed by atoms with van der Waals surface area (Å²) in [6.07, 6.45) is 4.99. The molecule has 3 aliphatic rings. The first-order valence-electron chi connectivity index (χ1n) is 9.21. The van der Waals surface area contributed by atoms with Crippen molar-refractivity contribution in [1.82, 2.24) is 9.80 Å². The number of carbonyl (C=O) groups is 2. The lowest BCUT2D eigenvalue weighted by Crippen LogP contribution is -2.41. The third kappa shape index (κ3) is 2.62. The molecule has 4 nitrogen and oxygen atoms in total. The SMILES string of the molecule is Cc1cccc(CN2CC[C@@]3(CCN(C(=O)C4CCC4)C3)C2=O)c1. The minimum absolute atomic E-state index is 0.236. The van der Waals surface area contributed by atoms with Crippen LogP contribution in [0.4, 0.5) is 0 Å². The summed E-state index contributed by atoms with van der Waals surface area (Å²) in [6.45, 7) is 5.00. The Balaban J connectivity index is 1.42. The van der Waals surface area contributed by atoms with E-state index in [1.165, 1.54) is 17.5 Å². The van der Waals surface area contributed by atoms with Gasteiger partial charge in [-0.15, -0.1) is 0 Å². The van der Waals surface area contributed by atoms with E-state index in [0.717, 1.165) is 38.8 Å². The number of hydrogen-bond donors (Lipinski definition) is 0. The van der Waals surface area contributed by atoms with E-state index >= 15 is 0 Å². The predicted octanol–water partition coefficient (Wildman–Crippen LogP) is 2.75. The maximum Gasteiger partial charge on any atom is 0.231 e. The second-order valence-corrected chi connectivity index (χ2v) is 7.88. The van der Waals surface area contributed by atoms with Crippen molar-refractivity contribution in [2.24, 2.45) is 11.3 Å². The molecule has 0 aromatic heterocycles. The fraction of sp³-hybridized carbons (Fsp3) is 0.600. The van der Waals surface area contributed by atoms with Gasteiger partial charge in [-0.3, -0.25) is 9.59 Å². The predicted molar refractivity (Wildman–Crippen MR) is 92.2 cm³/mol. The van der Waals surface area contributed by atoms with Gasteiger partial charge in [0, 0.05) is 32.1 Å². The fourth-order valence-electron chi connectivity index (χ4n) is 4.43. The van der Waals surface area contributed by atoms with E-state index in [1.807, 2.05) is 9.80 Å². The Bertz CT molecular complexity index is 667. The molecule has 1 aromatic carbocycles. The molecule has 2 amide bonds. The van der Waals surface area contributed by atoms with Crippen molar-refractivity contribution in [3.05, 3.63) is 35.4 Å². The lowest BCUT2D eigenvalue weighted by Gasteiger charge is -2.30. The molecule has 0 radical (unpaired) electrons. The molecule has 3 fully saturated rings. The van der Waals surface area contributed by atoms with E-state index in [2.05, 4.69) is 31.2 Å². The summed E-state index contributed by atoms with van der Waals surface area (Å²) in [5.74, 6) is 0.788. The second kappa shape index (κ2) is 5.91. The van der Waals surface area contributed by atoms with E-state index in [4.69, 9.17) is 0 Å². The molecule has 2 heterocycles. The monoisotopic (exact) mass is 326 g/mol. The zero-order valence-electron chi connectivity index (χ0n) is 14.5. The van der Waals surface area contributed by atoms with Gasteiger partial charge in [0.05, 0.1) is 5.41 Å². The number of rotatable bonds is 3. The van der Waals surface area contributed by atoms with Crippen molar-refractivity contribution in [2.75, 3.05) is 19.6 Å². The molecule has 128 valence electrons. The molecule has 1 saturated carbocycles. The maximum atomic E-state index is 13.0. The molecule has 0 unspecified atom stereocenters. The third-order valence-electron chi connectivity index (χ3n) is 6.18. The Morgan fingerprint density at radius 1 is 1.25 bits per heavy atom. The highest BCUT2D eigenvalue weighted by molar-refractivity contribution is 5.87. The van der Waals surface area contributed by atoms with Crippen LogP contribution < -0.4 is 0 Å². The molecule has 1 aliphatic carbocycles. The largest absolute Gasteiger partial charge is 0.341 e. The molecule has 2 aliphatic heterocycles. The Hall–Kier alpha value is -1.84. The molecule has 2 saturated heterocycles. The molecule has 1 spiro atoms. The molecule has 1 aromatic rings. The minimum Gasteiger partial charge on any atom is -0.341 e. The van der Waals surface area contributed by atoms with Gasteiger partial charge in [-0.25, -0.2) is 0 Å². The summed E-state index contributed by atoms with van der Waals surface area (Å²) in [5.41, 5.74) is 2.12. The van der Waals surface area contributed by atoms with Gasteiger partial charge >= 0.3 is 0 Å². The van der Waals surface area contributed by atoms with E-state index in [0.29, 0.717) is 19.0 Å². The van der Waals surface area contributed by atoms with Crippen molar-refractivity contribution < 1.29 is 9.59 Å². The average Bonchev–Trinajstić information content (AvgIpc) is 3.06. The maximum absolute atomic E-state index is 13.0. The Kier molecular flexibility index (Phi) is 3.86. The highest BCUT2D eigenvalue weighted by Crippen LogP contribution is 2.42. The highest BCUT2D eigenvalue weighted by Gasteiger charge is 2.52. The average molecular weight is 326 g/mol. The van der Waals surface area contributed by atoms with Gasteiger partial charge in [-0.2, -0.15) is 0 Å². The summed E-state index contributed by atoms with van der Waals surface area (Å²) < 4.78 is 0. The van der Waals surface area contributed by atoms with Crippen LogP contribution in [0.5, 0.6) is 0 Å². The van der Waals surface area contributed by atoms with Gasteiger partial charge < -0.3 is 9.80 Å². The molecular weight excluding hydrogens is 300 g/mol. The number of benzene rings is 1. The smallest absolute Gasteiger partial charge is 0.231 e. The van der Waals surface area contributed by atoms with Crippen LogP contribution in [0.1, 0.15) is 43.2 Å². The van der Waals surface area contributed by atoms with Crippen LogP contribution in [0, 0.1) is 18.3 Å². The van der Waals surface area contributed by atoms with Crippen LogP contribution in [0.3, 0.4) is 0 Å². The Morgan fingerprint density at radius 2 is 2.04 bits per heavy atom. The number of carbonyl (C=O) groups excluding carboxylic acids is 2. The van der Waals surface area contributed by atoms with Crippen molar-refractivity contribution in [3.8, 4) is 0 Å². The number of amides is 2. The first kappa shape index (κ1) is 15.7. The Morgan fingerprint density at radius 3 is 2.75 bits per heavy atom. The molecule has 0 N–H and O–H groups in total. The lowest BCUT2D eigenvalue weighted by molar-refractivity contribution is -0.139. The summed E-state index contributed by atoms with van der Waals surface area (Å²) in [6, 6.07) is 8.37. The summed E-state index contributed by atoms with van der Waals surface area (Å²) in [5, 5.41) is 0. The Labute approximate surface area is 143 Å². The van der Waals surface area contributed by atoms with Crippen molar-refractivity contribution in [3.63, 3.8) is 0 Å². The van der Waals surface area contributed by atoms with E-state index in [9.17, 15) is 9.59 Å². The minimum atomic E-state index is -0.302. The zero-order valence-corrected chi connectivity index (χ0v) is 14.5. The van der Waals surface area contributed by atoms with Crippen LogP contribution in [0.15, 0.2) is 24.3 Å². The zero-order chi connectivity index (χ0) is 16.7. The molecular formula is C20H26N2O2. The quantitative estimate of drug-likeness (QED) is 0.857. The van der Waals surface area contributed by atoms with Crippen LogP contribution >= 0.6 is 0 Å².